The van der Waals surface area contributed by atoms with Gasteiger partial charge in [-0.05, 0) is 42.9 Å². The van der Waals surface area contributed by atoms with E-state index in [1.165, 1.54) is 12.1 Å². The van der Waals surface area contributed by atoms with E-state index in [4.69, 9.17) is 18.0 Å². The maximum atomic E-state index is 12.4. The van der Waals surface area contributed by atoms with Crippen LogP contribution in [0.15, 0.2) is 29.3 Å². The molecule has 20 heavy (non-hydrogen) atoms. The highest BCUT2D eigenvalue weighted by Gasteiger charge is 2.29. The van der Waals surface area contributed by atoms with Gasteiger partial charge in [0.1, 0.15) is 5.84 Å². The van der Waals surface area contributed by atoms with Gasteiger partial charge in [0, 0.05) is 12.1 Å². The summed E-state index contributed by atoms with van der Waals surface area (Å²) in [6.45, 7) is 2.03. The first kappa shape index (κ1) is 16.4. The van der Waals surface area contributed by atoms with Crippen LogP contribution in [-0.2, 0) is 6.18 Å². The van der Waals surface area contributed by atoms with Crippen molar-refractivity contribution in [3.8, 4) is 0 Å². The van der Waals surface area contributed by atoms with Crippen molar-refractivity contribution >= 4 is 28.9 Å². The number of benzene rings is 1. The standard InChI is InChI=1S/C13H16F3N3S/c1-2-3-4-11(17)19-12(20)18-10-7-5-9(6-8-10)13(14,15)16/h5-8H,2-4H2,1H3,(H3,17,18,19,20). The SMILES string of the molecule is CCCCC(N)=NC(=S)Nc1ccc(C(F)(F)F)cc1. The summed E-state index contributed by atoms with van der Waals surface area (Å²) in [4.78, 5) is 3.97. The van der Waals surface area contributed by atoms with Crippen molar-refractivity contribution in [2.45, 2.75) is 32.4 Å². The van der Waals surface area contributed by atoms with Crippen molar-refractivity contribution in [2.24, 2.45) is 10.7 Å². The van der Waals surface area contributed by atoms with Gasteiger partial charge in [-0.25, -0.2) is 4.99 Å². The number of aliphatic imine (C=N–C) groups is 1. The lowest BCUT2D eigenvalue weighted by atomic mass is 10.2. The number of nitrogens with one attached hydrogen (secondary N) is 1. The lowest BCUT2D eigenvalue weighted by Gasteiger charge is -2.08. The largest absolute Gasteiger partial charge is 0.416 e. The second-order valence-electron chi connectivity index (χ2n) is 4.21. The summed E-state index contributed by atoms with van der Waals surface area (Å²) in [6.07, 6.45) is -1.79. The molecule has 0 heterocycles. The summed E-state index contributed by atoms with van der Waals surface area (Å²) in [5, 5.41) is 2.86. The van der Waals surface area contributed by atoms with Crippen LogP contribution in [0.4, 0.5) is 18.9 Å². The van der Waals surface area contributed by atoms with E-state index in [2.05, 4.69) is 10.3 Å². The van der Waals surface area contributed by atoms with Gasteiger partial charge in [0.15, 0.2) is 5.11 Å². The molecule has 0 radical (unpaired) electrons. The Morgan fingerprint density at radius 3 is 2.40 bits per heavy atom. The molecule has 0 bridgehead atoms. The third-order valence-electron chi connectivity index (χ3n) is 2.50. The zero-order valence-corrected chi connectivity index (χ0v) is 11.8. The molecule has 0 saturated heterocycles. The van der Waals surface area contributed by atoms with Gasteiger partial charge in [-0.2, -0.15) is 13.2 Å². The Morgan fingerprint density at radius 1 is 1.30 bits per heavy atom. The van der Waals surface area contributed by atoms with Crippen LogP contribution in [0.1, 0.15) is 31.7 Å². The monoisotopic (exact) mass is 303 g/mol. The molecule has 0 unspecified atom stereocenters. The summed E-state index contributed by atoms with van der Waals surface area (Å²) in [5.41, 5.74) is 5.40. The fourth-order valence-electron chi connectivity index (χ4n) is 1.44. The average Bonchev–Trinajstić information content (AvgIpc) is 2.35. The van der Waals surface area contributed by atoms with Crippen molar-refractivity contribution in [1.29, 1.82) is 0 Å². The molecular formula is C13H16F3N3S. The fourth-order valence-corrected chi connectivity index (χ4v) is 1.67. The molecule has 7 heteroatoms. The Kier molecular flexibility index (Phi) is 5.94. The summed E-state index contributed by atoms with van der Waals surface area (Å²) < 4.78 is 37.2. The van der Waals surface area contributed by atoms with E-state index in [9.17, 15) is 13.2 Å². The maximum absolute atomic E-state index is 12.4. The fraction of sp³-hybridized carbons (Fsp3) is 0.385. The van der Waals surface area contributed by atoms with Gasteiger partial charge >= 0.3 is 6.18 Å². The zero-order chi connectivity index (χ0) is 15.2. The lowest BCUT2D eigenvalue weighted by Crippen LogP contribution is -2.17. The van der Waals surface area contributed by atoms with Crippen LogP contribution in [-0.4, -0.2) is 10.9 Å². The molecule has 110 valence electrons. The number of rotatable bonds is 4. The minimum atomic E-state index is -4.35. The van der Waals surface area contributed by atoms with Crippen molar-refractivity contribution in [3.05, 3.63) is 29.8 Å². The predicted molar refractivity (Wildman–Crippen MR) is 78.8 cm³/mol. The van der Waals surface area contributed by atoms with Crippen LogP contribution in [0, 0.1) is 0 Å². The summed E-state index contributed by atoms with van der Waals surface area (Å²) in [7, 11) is 0. The maximum Gasteiger partial charge on any atom is 0.416 e. The van der Waals surface area contributed by atoms with Crippen molar-refractivity contribution in [2.75, 3.05) is 5.32 Å². The minimum Gasteiger partial charge on any atom is -0.387 e. The van der Waals surface area contributed by atoms with Gasteiger partial charge in [0.05, 0.1) is 5.56 Å². The Bertz CT molecular complexity index is 481. The second-order valence-corrected chi connectivity index (χ2v) is 4.60. The molecule has 0 saturated carbocycles. The molecule has 0 spiro atoms. The number of amidine groups is 1. The molecule has 0 aromatic heterocycles. The highest BCUT2D eigenvalue weighted by molar-refractivity contribution is 7.80. The van der Waals surface area contributed by atoms with E-state index in [1.54, 1.807) is 0 Å². The number of hydrogen-bond acceptors (Lipinski definition) is 1. The number of hydrogen-bond donors (Lipinski definition) is 2. The third-order valence-corrected chi connectivity index (χ3v) is 2.69. The van der Waals surface area contributed by atoms with Gasteiger partial charge in [0.2, 0.25) is 0 Å². The molecule has 0 aliphatic heterocycles. The number of alkyl halides is 3. The van der Waals surface area contributed by atoms with Gasteiger partial charge in [-0.15, -0.1) is 0 Å². The number of unbranched alkanes of at least 4 members (excludes halogenated alkanes) is 1. The Balaban J connectivity index is 2.63. The molecule has 0 aliphatic rings. The number of nitrogens with two attached hydrogens (primary N) is 1. The van der Waals surface area contributed by atoms with Crippen LogP contribution in [0.25, 0.3) is 0 Å². The zero-order valence-electron chi connectivity index (χ0n) is 11.0. The highest BCUT2D eigenvalue weighted by Crippen LogP contribution is 2.29. The van der Waals surface area contributed by atoms with E-state index >= 15 is 0 Å². The third kappa shape index (κ3) is 5.56. The molecule has 3 nitrogen and oxygen atoms in total. The van der Waals surface area contributed by atoms with Crippen LogP contribution in [0.3, 0.4) is 0 Å². The Hall–Kier alpha value is -1.63. The summed E-state index contributed by atoms with van der Waals surface area (Å²) in [5.74, 6) is 0.413. The van der Waals surface area contributed by atoms with Gasteiger partial charge < -0.3 is 11.1 Å². The van der Waals surface area contributed by atoms with E-state index in [0.29, 0.717) is 17.9 Å². The number of anilines is 1. The normalized spacial score (nSPS) is 12.3. The molecule has 0 aliphatic carbocycles. The van der Waals surface area contributed by atoms with Crippen molar-refractivity contribution in [3.63, 3.8) is 0 Å². The molecule has 3 N–H and O–H groups in total. The Morgan fingerprint density at radius 2 is 1.90 bits per heavy atom. The van der Waals surface area contributed by atoms with E-state index in [-0.39, 0.29) is 5.11 Å². The molecule has 0 amide bonds. The number of halogens is 3. The van der Waals surface area contributed by atoms with Crippen LogP contribution < -0.4 is 11.1 Å². The predicted octanol–water partition coefficient (Wildman–Crippen LogP) is 3.95. The smallest absolute Gasteiger partial charge is 0.387 e. The Labute approximate surface area is 121 Å². The molecule has 0 atom stereocenters. The summed E-state index contributed by atoms with van der Waals surface area (Å²) in [6, 6.07) is 4.56. The van der Waals surface area contributed by atoms with E-state index < -0.39 is 11.7 Å². The first-order valence-corrected chi connectivity index (χ1v) is 6.55. The minimum absolute atomic E-state index is 0.137. The number of nitrogens with zero attached hydrogens (tertiary/aromatic N) is 1. The van der Waals surface area contributed by atoms with Gasteiger partial charge in [-0.1, -0.05) is 13.3 Å². The second kappa shape index (κ2) is 7.23. The van der Waals surface area contributed by atoms with E-state index in [0.717, 1.165) is 25.0 Å². The average molecular weight is 303 g/mol. The lowest BCUT2D eigenvalue weighted by molar-refractivity contribution is -0.137. The molecular weight excluding hydrogens is 287 g/mol. The van der Waals surface area contributed by atoms with Crippen LogP contribution in [0.5, 0.6) is 0 Å². The van der Waals surface area contributed by atoms with E-state index in [1.807, 2.05) is 6.92 Å². The first-order valence-electron chi connectivity index (χ1n) is 6.14. The molecule has 1 rings (SSSR count). The van der Waals surface area contributed by atoms with Crippen LogP contribution >= 0.6 is 12.2 Å². The van der Waals surface area contributed by atoms with Gasteiger partial charge in [-0.3, -0.25) is 0 Å². The quantitative estimate of drug-likeness (QED) is 0.503. The van der Waals surface area contributed by atoms with Crippen molar-refractivity contribution < 1.29 is 13.2 Å². The molecule has 1 aromatic carbocycles. The van der Waals surface area contributed by atoms with Crippen molar-refractivity contribution in [1.82, 2.24) is 0 Å². The topological polar surface area (TPSA) is 50.4 Å². The first-order chi connectivity index (χ1) is 9.32. The molecule has 1 aromatic rings. The van der Waals surface area contributed by atoms with Gasteiger partial charge in [0.25, 0.3) is 0 Å². The molecule has 0 fully saturated rings. The summed E-state index contributed by atoms with van der Waals surface area (Å²) >= 11 is 4.97. The number of thiocarbonyl (C=S) groups is 1. The highest BCUT2D eigenvalue weighted by atomic mass is 32.1. The van der Waals surface area contributed by atoms with Crippen LogP contribution in [0.2, 0.25) is 0 Å².